The van der Waals surface area contributed by atoms with Gasteiger partial charge in [-0.25, -0.2) is 0 Å². The molecule has 72 valence electrons. The van der Waals surface area contributed by atoms with Crippen molar-refractivity contribution >= 4 is 34.5 Å². The van der Waals surface area contributed by atoms with Gasteiger partial charge >= 0.3 is 0 Å². The van der Waals surface area contributed by atoms with Gasteiger partial charge in [-0.1, -0.05) is 43.5 Å². The van der Waals surface area contributed by atoms with Crippen LogP contribution in [0, 0.1) is 0 Å². The van der Waals surface area contributed by atoms with Crippen molar-refractivity contribution in [3.8, 4) is 0 Å². The summed E-state index contributed by atoms with van der Waals surface area (Å²) >= 11 is 0. The van der Waals surface area contributed by atoms with Gasteiger partial charge in [-0.3, -0.25) is 0 Å². The first-order valence-electron chi connectivity index (χ1n) is 4.96. The molecule has 0 bridgehead atoms. The number of hydrogen-bond donors (Lipinski definition) is 0. The van der Waals surface area contributed by atoms with E-state index in [0.717, 1.165) is 5.35 Å². The van der Waals surface area contributed by atoms with E-state index in [0.29, 0.717) is 0 Å². The van der Waals surface area contributed by atoms with Crippen molar-refractivity contribution in [3.63, 3.8) is 0 Å². The van der Waals surface area contributed by atoms with Crippen molar-refractivity contribution in [1.29, 1.82) is 0 Å². The topological polar surface area (TPSA) is 4.93 Å². The molecule has 0 aliphatic carbocycles. The molecule has 0 saturated heterocycles. The monoisotopic (exact) mass is 193 g/mol. The van der Waals surface area contributed by atoms with Crippen LogP contribution in [0.4, 0.5) is 0 Å². The van der Waals surface area contributed by atoms with Crippen molar-refractivity contribution in [2.75, 3.05) is 0 Å². The standard InChI is InChI=1S/C14H11N/c1-3-15-10(2)12-8-4-6-11-7-5-9-13(15)14(11)12/h3-9H,1-2H2. The molecule has 0 amide bonds. The van der Waals surface area contributed by atoms with E-state index in [4.69, 9.17) is 0 Å². The molecule has 2 aromatic carbocycles. The molecule has 0 saturated carbocycles. The second kappa shape index (κ2) is 2.74. The molecule has 1 heterocycles. The molecule has 0 spiro atoms. The third-order valence-electron chi connectivity index (χ3n) is 2.93. The van der Waals surface area contributed by atoms with Crippen molar-refractivity contribution in [2.24, 2.45) is 0 Å². The zero-order valence-electron chi connectivity index (χ0n) is 8.40. The van der Waals surface area contributed by atoms with Crippen LogP contribution < -0.4 is 5.35 Å². The predicted molar refractivity (Wildman–Crippen MR) is 66.6 cm³/mol. The summed E-state index contributed by atoms with van der Waals surface area (Å²) in [6.07, 6.45) is 1.82. The van der Waals surface area contributed by atoms with E-state index < -0.39 is 0 Å². The van der Waals surface area contributed by atoms with E-state index >= 15 is 0 Å². The first-order valence-corrected chi connectivity index (χ1v) is 4.96. The number of benzene rings is 2. The number of rotatable bonds is 1. The van der Waals surface area contributed by atoms with Crippen molar-refractivity contribution in [1.82, 2.24) is 4.57 Å². The van der Waals surface area contributed by atoms with Gasteiger partial charge in [0.2, 0.25) is 0 Å². The molecule has 3 rings (SSSR count). The fraction of sp³-hybridized carbons (Fsp3) is 0. The van der Waals surface area contributed by atoms with Crippen LogP contribution in [-0.2, 0) is 0 Å². The Morgan fingerprint density at radius 1 is 1.07 bits per heavy atom. The van der Waals surface area contributed by atoms with E-state index in [2.05, 4.69) is 49.6 Å². The Balaban J connectivity index is 2.78. The Hall–Kier alpha value is -2.02. The summed E-state index contributed by atoms with van der Waals surface area (Å²) in [5, 5.41) is 4.76. The largest absolute Gasteiger partial charge is 0.317 e. The highest BCUT2D eigenvalue weighted by Crippen LogP contribution is 2.25. The van der Waals surface area contributed by atoms with E-state index in [1.54, 1.807) is 0 Å². The minimum Gasteiger partial charge on any atom is -0.317 e. The number of aromatic nitrogens is 1. The Bertz CT molecular complexity index is 698. The Kier molecular flexibility index (Phi) is 1.51. The molecule has 0 atom stereocenters. The molecule has 0 radical (unpaired) electrons. The summed E-state index contributed by atoms with van der Waals surface area (Å²) < 4.78 is 2.04. The van der Waals surface area contributed by atoms with Gasteiger partial charge in [0.15, 0.2) is 0 Å². The minimum atomic E-state index is 1.01. The maximum atomic E-state index is 4.10. The summed E-state index contributed by atoms with van der Waals surface area (Å²) in [5.74, 6) is 0. The van der Waals surface area contributed by atoms with Gasteiger partial charge in [0.05, 0.1) is 5.52 Å². The summed E-state index contributed by atoms with van der Waals surface area (Å²) in [5.41, 5.74) is 1.18. The SMILES string of the molecule is C=Cn1c(=C)c2cccc3cccc1c32. The molecule has 0 fully saturated rings. The van der Waals surface area contributed by atoms with Crippen LogP contribution in [-0.4, -0.2) is 4.57 Å². The minimum absolute atomic E-state index is 1.01. The Morgan fingerprint density at radius 2 is 1.80 bits per heavy atom. The van der Waals surface area contributed by atoms with Crippen LogP contribution in [0.5, 0.6) is 0 Å². The lowest BCUT2D eigenvalue weighted by Crippen LogP contribution is -2.07. The maximum absolute atomic E-state index is 4.10. The second-order valence-electron chi connectivity index (χ2n) is 3.68. The smallest absolute Gasteiger partial charge is 0.0540 e. The van der Waals surface area contributed by atoms with Crippen LogP contribution >= 0.6 is 0 Å². The molecule has 1 nitrogen and oxygen atoms in total. The normalized spacial score (nSPS) is 11.2. The molecule has 0 unspecified atom stereocenters. The zero-order valence-corrected chi connectivity index (χ0v) is 8.40. The van der Waals surface area contributed by atoms with E-state index in [1.807, 2.05) is 10.8 Å². The number of nitrogens with zero attached hydrogens (tertiary/aromatic N) is 1. The molecular formula is C14H11N. The average Bonchev–Trinajstić information content (AvgIpc) is 2.55. The average molecular weight is 193 g/mol. The molecule has 15 heavy (non-hydrogen) atoms. The quantitative estimate of drug-likeness (QED) is 0.560. The first kappa shape index (κ1) is 8.30. The highest BCUT2D eigenvalue weighted by molar-refractivity contribution is 6.10. The number of hydrogen-bond acceptors (Lipinski definition) is 0. The lowest BCUT2D eigenvalue weighted by Gasteiger charge is -1.98. The third kappa shape index (κ3) is 0.922. The lowest BCUT2D eigenvalue weighted by molar-refractivity contribution is 1.18. The van der Waals surface area contributed by atoms with E-state index in [1.165, 1.54) is 21.7 Å². The summed E-state index contributed by atoms with van der Waals surface area (Å²) in [4.78, 5) is 0. The van der Waals surface area contributed by atoms with Gasteiger partial charge < -0.3 is 4.57 Å². The molecule has 0 N–H and O–H groups in total. The van der Waals surface area contributed by atoms with Gasteiger partial charge in [-0.05, 0) is 11.5 Å². The second-order valence-corrected chi connectivity index (χ2v) is 3.68. The van der Waals surface area contributed by atoms with Gasteiger partial charge in [0.25, 0.3) is 0 Å². The van der Waals surface area contributed by atoms with Crippen LogP contribution in [0.3, 0.4) is 0 Å². The van der Waals surface area contributed by atoms with Crippen LogP contribution in [0.15, 0.2) is 43.0 Å². The highest BCUT2D eigenvalue weighted by Gasteiger charge is 2.07. The molecule has 0 aliphatic heterocycles. The van der Waals surface area contributed by atoms with E-state index in [9.17, 15) is 0 Å². The molecule has 1 aromatic heterocycles. The molecular weight excluding hydrogens is 182 g/mol. The van der Waals surface area contributed by atoms with Gasteiger partial charge in [0, 0.05) is 22.3 Å². The predicted octanol–water partition coefficient (Wildman–Crippen LogP) is 3.02. The molecule has 0 aliphatic rings. The lowest BCUT2D eigenvalue weighted by atomic mass is 10.1. The maximum Gasteiger partial charge on any atom is 0.0540 e. The van der Waals surface area contributed by atoms with Gasteiger partial charge in [-0.15, -0.1) is 0 Å². The van der Waals surface area contributed by atoms with E-state index in [-0.39, 0.29) is 0 Å². The summed E-state index contributed by atoms with van der Waals surface area (Å²) in [6.45, 7) is 7.93. The Labute approximate surface area is 87.9 Å². The summed E-state index contributed by atoms with van der Waals surface area (Å²) in [7, 11) is 0. The van der Waals surface area contributed by atoms with Crippen molar-refractivity contribution in [2.45, 2.75) is 0 Å². The van der Waals surface area contributed by atoms with Gasteiger partial charge in [0.1, 0.15) is 0 Å². The van der Waals surface area contributed by atoms with Gasteiger partial charge in [-0.2, -0.15) is 0 Å². The first-order chi connectivity index (χ1) is 7.33. The molecule has 3 aromatic rings. The third-order valence-corrected chi connectivity index (χ3v) is 2.93. The summed E-state index contributed by atoms with van der Waals surface area (Å²) in [6, 6.07) is 12.6. The fourth-order valence-electron chi connectivity index (χ4n) is 2.25. The van der Waals surface area contributed by atoms with Crippen LogP contribution in [0.2, 0.25) is 0 Å². The zero-order chi connectivity index (χ0) is 10.4. The highest BCUT2D eigenvalue weighted by atomic mass is 14.9. The molecule has 1 heteroatoms. The van der Waals surface area contributed by atoms with Crippen molar-refractivity contribution in [3.05, 3.63) is 48.3 Å². The van der Waals surface area contributed by atoms with Crippen LogP contribution in [0.25, 0.3) is 34.5 Å². The fourth-order valence-corrected chi connectivity index (χ4v) is 2.25. The van der Waals surface area contributed by atoms with Crippen LogP contribution in [0.1, 0.15) is 0 Å². The Morgan fingerprint density at radius 3 is 2.53 bits per heavy atom. The van der Waals surface area contributed by atoms with Crippen molar-refractivity contribution < 1.29 is 0 Å².